The molecule has 0 fully saturated rings. The van der Waals surface area contributed by atoms with E-state index in [0.717, 1.165) is 34.6 Å². The summed E-state index contributed by atoms with van der Waals surface area (Å²) >= 11 is 5.94. The minimum atomic E-state index is -4.44. The molecule has 0 aliphatic carbocycles. The molecule has 0 aliphatic rings. The number of nitrogens with zero attached hydrogens (tertiary/aromatic N) is 2. The highest BCUT2D eigenvalue weighted by atomic mass is 35.5. The Balaban J connectivity index is 1.56. The first-order chi connectivity index (χ1) is 20.4. The Labute approximate surface area is 252 Å². The smallest absolute Gasteiger partial charge is 0.264 e. The molecule has 0 radical (unpaired) electrons. The fourth-order valence-corrected chi connectivity index (χ4v) is 6.25. The molecule has 4 aromatic rings. The summed E-state index contributed by atoms with van der Waals surface area (Å²) in [5, 5.41) is 0.296. The monoisotopic (exact) mass is 634 g/mol. The number of sulfonamides is 1. The Kier molecular flexibility index (Phi) is 9.98. The summed E-state index contributed by atoms with van der Waals surface area (Å²) < 4.78 is 90.8. The van der Waals surface area contributed by atoms with Gasteiger partial charge in [0.25, 0.3) is 15.9 Å². The average molecular weight is 635 g/mol. The van der Waals surface area contributed by atoms with Crippen molar-refractivity contribution in [3.8, 4) is 5.75 Å². The third kappa shape index (κ3) is 7.47. The Hall–Kier alpha value is -4.09. The summed E-state index contributed by atoms with van der Waals surface area (Å²) in [6.07, 6.45) is 0.314. The number of anilines is 1. The molecule has 1 atom stereocenters. The molecule has 0 bridgehead atoms. The quantitative estimate of drug-likeness (QED) is 0.127. The third-order valence-corrected chi connectivity index (χ3v) is 8.74. The molecule has 4 rings (SSSR count). The molecule has 226 valence electrons. The van der Waals surface area contributed by atoms with Crippen molar-refractivity contribution in [1.82, 2.24) is 4.90 Å². The third-order valence-electron chi connectivity index (χ3n) is 6.59. The molecule has 0 aromatic heterocycles. The van der Waals surface area contributed by atoms with Gasteiger partial charge in [-0.05, 0) is 67.9 Å². The van der Waals surface area contributed by atoms with Crippen LogP contribution in [0.5, 0.6) is 5.75 Å². The van der Waals surface area contributed by atoms with E-state index in [-0.39, 0.29) is 29.4 Å². The van der Waals surface area contributed by atoms with E-state index in [1.165, 1.54) is 43.1 Å². The Morgan fingerprint density at radius 2 is 1.53 bits per heavy atom. The van der Waals surface area contributed by atoms with Crippen LogP contribution in [0.4, 0.5) is 23.2 Å². The number of benzene rings is 4. The van der Waals surface area contributed by atoms with E-state index in [2.05, 4.69) is 0 Å². The van der Waals surface area contributed by atoms with Crippen LogP contribution in [0.3, 0.4) is 0 Å². The maximum atomic E-state index is 15.1. The van der Waals surface area contributed by atoms with Gasteiger partial charge >= 0.3 is 0 Å². The van der Waals surface area contributed by atoms with Crippen molar-refractivity contribution in [1.29, 1.82) is 0 Å². The van der Waals surface area contributed by atoms with E-state index < -0.39 is 50.9 Å². The number of amides is 1. The molecule has 1 unspecified atom stereocenters. The molecule has 4 aromatic carbocycles. The largest absolute Gasteiger partial charge is 0.493 e. The van der Waals surface area contributed by atoms with Crippen LogP contribution < -0.4 is 9.04 Å². The lowest BCUT2D eigenvalue weighted by atomic mass is 10.1. The topological polar surface area (TPSA) is 66.9 Å². The van der Waals surface area contributed by atoms with Gasteiger partial charge in [-0.1, -0.05) is 29.8 Å². The Morgan fingerprint density at radius 1 is 0.884 bits per heavy atom. The van der Waals surface area contributed by atoms with Crippen LogP contribution in [-0.2, 0) is 10.0 Å². The first-order valence-electron chi connectivity index (χ1n) is 13.1. The fraction of sp³-hybridized carbons (Fsp3) is 0.194. The summed E-state index contributed by atoms with van der Waals surface area (Å²) in [7, 11) is -2.96. The molecular weight excluding hydrogens is 608 g/mol. The molecule has 6 nitrogen and oxygen atoms in total. The predicted octanol–water partition coefficient (Wildman–Crippen LogP) is 7.39. The second-order valence-corrected chi connectivity index (χ2v) is 11.9. The molecule has 0 aliphatic heterocycles. The van der Waals surface area contributed by atoms with Gasteiger partial charge in [-0.25, -0.2) is 26.0 Å². The predicted molar refractivity (Wildman–Crippen MR) is 156 cm³/mol. The molecule has 0 spiro atoms. The molecule has 0 saturated carbocycles. The summed E-state index contributed by atoms with van der Waals surface area (Å²) in [4.78, 5) is 13.7. The number of carbonyl (C=O) groups is 1. The van der Waals surface area contributed by atoms with Gasteiger partial charge in [0.15, 0.2) is 0 Å². The number of ether oxygens (including phenoxy) is 1. The van der Waals surface area contributed by atoms with Crippen LogP contribution in [-0.4, -0.2) is 39.4 Å². The molecule has 0 N–H and O–H groups in total. The van der Waals surface area contributed by atoms with Crippen molar-refractivity contribution in [3.63, 3.8) is 0 Å². The Bertz CT molecular complexity index is 1700. The van der Waals surface area contributed by atoms with Crippen molar-refractivity contribution in [3.05, 3.63) is 124 Å². The summed E-state index contributed by atoms with van der Waals surface area (Å²) in [6.45, 7) is 1.78. The van der Waals surface area contributed by atoms with Crippen LogP contribution in [0.25, 0.3) is 0 Å². The zero-order chi connectivity index (χ0) is 31.3. The molecule has 0 heterocycles. The van der Waals surface area contributed by atoms with Gasteiger partial charge in [-0.2, -0.15) is 0 Å². The van der Waals surface area contributed by atoms with E-state index >= 15 is 4.39 Å². The van der Waals surface area contributed by atoms with Crippen LogP contribution in [0.1, 0.15) is 35.3 Å². The number of rotatable bonds is 11. The summed E-state index contributed by atoms with van der Waals surface area (Å²) in [5.74, 6) is -3.80. The lowest BCUT2D eigenvalue weighted by molar-refractivity contribution is 0.0786. The number of carbonyl (C=O) groups excluding carboxylic acids is 1. The minimum Gasteiger partial charge on any atom is -0.493 e. The molecule has 43 heavy (non-hydrogen) atoms. The van der Waals surface area contributed by atoms with Gasteiger partial charge in [0.2, 0.25) is 0 Å². The van der Waals surface area contributed by atoms with Crippen LogP contribution >= 0.6 is 11.6 Å². The lowest BCUT2D eigenvalue weighted by Gasteiger charge is -2.32. The van der Waals surface area contributed by atoms with Gasteiger partial charge in [-0.15, -0.1) is 0 Å². The van der Waals surface area contributed by atoms with Gasteiger partial charge in [0.05, 0.1) is 23.2 Å². The fourth-order valence-electron chi connectivity index (χ4n) is 4.49. The van der Waals surface area contributed by atoms with Gasteiger partial charge in [0, 0.05) is 41.9 Å². The number of para-hydroxylation sites is 1. The highest BCUT2D eigenvalue weighted by Gasteiger charge is 2.34. The SMILES string of the molecule is CC(c1ccccc1OCCCN(C)C(=O)c1cc(F)cc(F)c1)N(c1cc(F)ccc1F)S(=O)(=O)c1ccc(Cl)cc1. The van der Waals surface area contributed by atoms with Crippen molar-refractivity contribution in [2.75, 3.05) is 24.5 Å². The van der Waals surface area contributed by atoms with Gasteiger partial charge < -0.3 is 9.64 Å². The van der Waals surface area contributed by atoms with Crippen LogP contribution in [0.2, 0.25) is 5.02 Å². The molecule has 0 saturated heterocycles. The summed E-state index contributed by atoms with van der Waals surface area (Å²) in [5.41, 5.74) is -0.263. The lowest BCUT2D eigenvalue weighted by Crippen LogP contribution is -2.34. The number of halogens is 5. The zero-order valence-corrected chi connectivity index (χ0v) is 24.7. The number of hydrogen-bond acceptors (Lipinski definition) is 4. The van der Waals surface area contributed by atoms with E-state index in [1.807, 2.05) is 0 Å². The summed E-state index contributed by atoms with van der Waals surface area (Å²) in [6, 6.07) is 15.9. The van der Waals surface area contributed by atoms with E-state index in [4.69, 9.17) is 16.3 Å². The van der Waals surface area contributed by atoms with E-state index in [9.17, 15) is 26.4 Å². The van der Waals surface area contributed by atoms with Crippen molar-refractivity contribution >= 4 is 33.2 Å². The van der Waals surface area contributed by atoms with Gasteiger partial charge in [0.1, 0.15) is 29.0 Å². The second-order valence-electron chi connectivity index (χ2n) is 9.65. The van der Waals surface area contributed by atoms with Crippen LogP contribution in [0.15, 0.2) is 89.8 Å². The molecule has 12 heteroatoms. The maximum Gasteiger partial charge on any atom is 0.264 e. The highest BCUT2D eigenvalue weighted by Crippen LogP contribution is 2.38. The first kappa shape index (κ1) is 31.8. The minimum absolute atomic E-state index is 0.0805. The zero-order valence-electron chi connectivity index (χ0n) is 23.1. The standard InChI is InChI=1S/C31H27ClF4N2O4S/c1-20(38(29-19-23(33)10-13-28(29)36)43(40,41)26-11-8-22(32)9-12-26)27-6-3-4-7-30(27)42-15-5-14-37(2)31(39)21-16-24(34)18-25(35)17-21/h3-4,6-13,16-20H,5,14-15H2,1-2H3. The maximum absolute atomic E-state index is 15.1. The van der Waals surface area contributed by atoms with E-state index in [1.54, 1.807) is 24.3 Å². The molecular formula is C31H27ClF4N2O4S. The average Bonchev–Trinajstić information content (AvgIpc) is 2.96. The van der Waals surface area contributed by atoms with Crippen LogP contribution in [0, 0.1) is 23.3 Å². The van der Waals surface area contributed by atoms with Crippen molar-refractivity contribution < 1.29 is 35.5 Å². The van der Waals surface area contributed by atoms with E-state index in [0.29, 0.717) is 23.1 Å². The second kappa shape index (κ2) is 13.5. The van der Waals surface area contributed by atoms with Gasteiger partial charge in [-0.3, -0.25) is 9.10 Å². The number of hydrogen-bond donors (Lipinski definition) is 0. The Morgan fingerprint density at radius 3 is 2.21 bits per heavy atom. The first-order valence-corrected chi connectivity index (χ1v) is 14.9. The normalized spacial score (nSPS) is 12.1. The van der Waals surface area contributed by atoms with Crippen molar-refractivity contribution in [2.45, 2.75) is 24.3 Å². The highest BCUT2D eigenvalue weighted by molar-refractivity contribution is 7.92. The molecule has 1 amide bonds. The van der Waals surface area contributed by atoms with Crippen molar-refractivity contribution in [2.24, 2.45) is 0 Å².